The molecule has 0 saturated carbocycles. The molecule has 0 amide bonds. The maximum Gasteiger partial charge on any atom is 0.303 e. The van der Waals surface area contributed by atoms with Gasteiger partial charge in [0, 0.05) is 20.6 Å². The van der Waals surface area contributed by atoms with Crippen LogP contribution in [-0.4, -0.2) is 31.6 Å². The first-order valence-corrected chi connectivity index (χ1v) is 4.44. The number of carboxylic acids is 1. The number of carboxylic acid groups (broad SMARTS) is 1. The molecule has 0 unspecified atom stereocenters. The van der Waals surface area contributed by atoms with Crippen molar-refractivity contribution in [2.75, 3.05) is 14.2 Å². The standard InChI is InChI=1S/C10H18O4/c1-7(2)8(5-9(11)12)6-10(13-3)14-4/h8,10H,1,5-6H2,2-4H3,(H,11,12)/t8-/m0/s1. The van der Waals surface area contributed by atoms with Crippen LogP contribution in [0.1, 0.15) is 19.8 Å². The molecule has 0 aliphatic rings. The van der Waals surface area contributed by atoms with Crippen LogP contribution in [0.3, 0.4) is 0 Å². The molecule has 0 spiro atoms. The van der Waals surface area contributed by atoms with Crippen molar-refractivity contribution >= 4 is 5.97 Å². The van der Waals surface area contributed by atoms with Gasteiger partial charge in [0.25, 0.3) is 0 Å². The van der Waals surface area contributed by atoms with E-state index in [1.807, 2.05) is 6.92 Å². The molecule has 0 fully saturated rings. The summed E-state index contributed by atoms with van der Waals surface area (Å²) in [5.74, 6) is -0.929. The van der Waals surface area contributed by atoms with Gasteiger partial charge in [-0.3, -0.25) is 4.79 Å². The quantitative estimate of drug-likeness (QED) is 0.504. The average molecular weight is 202 g/mol. The molecule has 0 saturated heterocycles. The molecule has 0 bridgehead atoms. The highest BCUT2D eigenvalue weighted by Crippen LogP contribution is 2.20. The minimum atomic E-state index is -0.830. The second kappa shape index (κ2) is 6.56. The van der Waals surface area contributed by atoms with E-state index in [0.29, 0.717) is 6.42 Å². The molecule has 0 heterocycles. The number of ether oxygens (including phenoxy) is 2. The Kier molecular flexibility index (Phi) is 6.16. The molecule has 14 heavy (non-hydrogen) atoms. The molecular weight excluding hydrogens is 184 g/mol. The van der Waals surface area contributed by atoms with Crippen molar-refractivity contribution in [2.45, 2.75) is 26.1 Å². The smallest absolute Gasteiger partial charge is 0.303 e. The van der Waals surface area contributed by atoms with Gasteiger partial charge in [-0.15, -0.1) is 0 Å². The minimum Gasteiger partial charge on any atom is -0.481 e. The maximum atomic E-state index is 10.5. The monoisotopic (exact) mass is 202 g/mol. The van der Waals surface area contributed by atoms with Gasteiger partial charge in [0.1, 0.15) is 0 Å². The zero-order chi connectivity index (χ0) is 11.1. The summed E-state index contributed by atoms with van der Waals surface area (Å²) in [5.41, 5.74) is 0.839. The van der Waals surface area contributed by atoms with Crippen molar-refractivity contribution in [1.29, 1.82) is 0 Å². The first-order chi connectivity index (χ1) is 6.51. The van der Waals surface area contributed by atoms with Gasteiger partial charge >= 0.3 is 5.97 Å². The summed E-state index contributed by atoms with van der Waals surface area (Å²) in [6, 6.07) is 0. The van der Waals surface area contributed by atoms with Crippen LogP contribution in [0.5, 0.6) is 0 Å². The summed E-state index contributed by atoms with van der Waals surface area (Å²) in [6.07, 6.45) is 0.226. The predicted molar refractivity (Wildman–Crippen MR) is 53.0 cm³/mol. The van der Waals surface area contributed by atoms with E-state index in [1.165, 1.54) is 14.2 Å². The summed E-state index contributed by atoms with van der Waals surface area (Å²) in [7, 11) is 3.06. The third-order valence-corrected chi connectivity index (χ3v) is 2.12. The molecular formula is C10H18O4. The van der Waals surface area contributed by atoms with E-state index in [1.54, 1.807) is 0 Å². The molecule has 4 heteroatoms. The molecule has 0 aromatic rings. The SMILES string of the molecule is C=C(C)[C@@H](CC(=O)O)CC(OC)OC. The lowest BCUT2D eigenvalue weighted by molar-refractivity contribution is -0.140. The minimum absolute atomic E-state index is 0.0680. The fourth-order valence-corrected chi connectivity index (χ4v) is 1.19. The van der Waals surface area contributed by atoms with E-state index in [2.05, 4.69) is 6.58 Å². The molecule has 0 radical (unpaired) electrons. The lowest BCUT2D eigenvalue weighted by atomic mass is 9.94. The summed E-state index contributed by atoms with van der Waals surface area (Å²) < 4.78 is 10.0. The van der Waals surface area contributed by atoms with Crippen LogP contribution in [0.2, 0.25) is 0 Å². The highest BCUT2D eigenvalue weighted by molar-refractivity contribution is 5.67. The fourth-order valence-electron chi connectivity index (χ4n) is 1.19. The van der Waals surface area contributed by atoms with Crippen LogP contribution < -0.4 is 0 Å². The van der Waals surface area contributed by atoms with E-state index in [0.717, 1.165) is 5.57 Å². The van der Waals surface area contributed by atoms with Crippen LogP contribution in [-0.2, 0) is 14.3 Å². The fraction of sp³-hybridized carbons (Fsp3) is 0.700. The zero-order valence-electron chi connectivity index (χ0n) is 8.95. The van der Waals surface area contributed by atoms with Gasteiger partial charge in [0.15, 0.2) is 6.29 Å². The van der Waals surface area contributed by atoms with Crippen molar-refractivity contribution in [2.24, 2.45) is 5.92 Å². The van der Waals surface area contributed by atoms with Crippen LogP contribution in [0, 0.1) is 5.92 Å². The Labute approximate surface area is 84.5 Å². The van der Waals surface area contributed by atoms with Crippen LogP contribution in [0.15, 0.2) is 12.2 Å². The topological polar surface area (TPSA) is 55.8 Å². The van der Waals surface area contributed by atoms with Crippen LogP contribution in [0.25, 0.3) is 0 Å². The van der Waals surface area contributed by atoms with Gasteiger partial charge in [-0.2, -0.15) is 0 Å². The number of methoxy groups -OCH3 is 2. The molecule has 82 valence electrons. The Balaban J connectivity index is 4.21. The Morgan fingerprint density at radius 3 is 2.21 bits per heavy atom. The highest BCUT2D eigenvalue weighted by atomic mass is 16.7. The number of hydrogen-bond acceptors (Lipinski definition) is 3. The van der Waals surface area contributed by atoms with Gasteiger partial charge < -0.3 is 14.6 Å². The van der Waals surface area contributed by atoms with Crippen LogP contribution >= 0.6 is 0 Å². The number of allylic oxidation sites excluding steroid dienone is 1. The molecule has 0 aliphatic carbocycles. The summed E-state index contributed by atoms with van der Waals surface area (Å²) in [5, 5.41) is 8.67. The first-order valence-electron chi connectivity index (χ1n) is 4.44. The van der Waals surface area contributed by atoms with E-state index in [9.17, 15) is 4.79 Å². The molecule has 1 atom stereocenters. The van der Waals surface area contributed by atoms with E-state index < -0.39 is 5.97 Å². The molecule has 0 aliphatic heterocycles. The lowest BCUT2D eigenvalue weighted by Crippen LogP contribution is -2.20. The Bertz CT molecular complexity index is 196. The maximum absolute atomic E-state index is 10.5. The van der Waals surface area contributed by atoms with Crippen LogP contribution in [0.4, 0.5) is 0 Å². The zero-order valence-corrected chi connectivity index (χ0v) is 8.95. The highest BCUT2D eigenvalue weighted by Gasteiger charge is 2.19. The summed E-state index contributed by atoms with van der Waals surface area (Å²) in [6.45, 7) is 5.57. The number of rotatable bonds is 7. The normalized spacial score (nSPS) is 12.9. The first kappa shape index (κ1) is 13.1. The average Bonchev–Trinajstić information content (AvgIpc) is 2.11. The second-order valence-electron chi connectivity index (χ2n) is 3.28. The number of carbonyl (C=O) groups is 1. The van der Waals surface area contributed by atoms with Gasteiger partial charge in [0.2, 0.25) is 0 Å². The van der Waals surface area contributed by atoms with Crippen molar-refractivity contribution in [3.63, 3.8) is 0 Å². The van der Waals surface area contributed by atoms with Gasteiger partial charge in [0.05, 0.1) is 6.42 Å². The van der Waals surface area contributed by atoms with Gasteiger partial charge in [-0.05, 0) is 12.8 Å². The van der Waals surface area contributed by atoms with Gasteiger partial charge in [-0.1, -0.05) is 12.2 Å². The Morgan fingerprint density at radius 1 is 1.43 bits per heavy atom. The van der Waals surface area contributed by atoms with Crippen molar-refractivity contribution in [3.05, 3.63) is 12.2 Å². The second-order valence-corrected chi connectivity index (χ2v) is 3.28. The molecule has 0 aromatic heterocycles. The Hall–Kier alpha value is -0.870. The number of aliphatic carboxylic acids is 1. The lowest BCUT2D eigenvalue weighted by Gasteiger charge is -2.20. The van der Waals surface area contributed by atoms with Crippen molar-refractivity contribution in [3.8, 4) is 0 Å². The summed E-state index contributed by atoms with van der Waals surface area (Å²) in [4.78, 5) is 10.5. The summed E-state index contributed by atoms with van der Waals surface area (Å²) >= 11 is 0. The number of hydrogen-bond donors (Lipinski definition) is 1. The molecule has 0 rings (SSSR count). The third kappa shape index (κ3) is 4.99. The predicted octanol–water partition coefficient (Wildman–Crippen LogP) is 1.66. The van der Waals surface area contributed by atoms with Crippen molar-refractivity contribution < 1.29 is 19.4 Å². The van der Waals surface area contributed by atoms with E-state index in [4.69, 9.17) is 14.6 Å². The molecule has 0 aromatic carbocycles. The molecule has 4 nitrogen and oxygen atoms in total. The largest absolute Gasteiger partial charge is 0.481 e. The third-order valence-electron chi connectivity index (χ3n) is 2.12. The Morgan fingerprint density at radius 2 is 1.93 bits per heavy atom. The van der Waals surface area contributed by atoms with E-state index in [-0.39, 0.29) is 18.6 Å². The van der Waals surface area contributed by atoms with Crippen molar-refractivity contribution in [1.82, 2.24) is 0 Å². The molecule has 1 N–H and O–H groups in total. The van der Waals surface area contributed by atoms with Gasteiger partial charge in [-0.25, -0.2) is 0 Å². The van der Waals surface area contributed by atoms with E-state index >= 15 is 0 Å².